The van der Waals surface area contributed by atoms with Crippen LogP contribution >= 0.6 is 11.6 Å². The SMILES string of the molecule is CC(C(=O)Nc1cccnc1Cl)N1CCC(C(=O)c2cc(F)ccc2F)CC1. The Kier molecular flexibility index (Phi) is 6.36. The van der Waals surface area contributed by atoms with Gasteiger partial charge in [-0.1, -0.05) is 11.6 Å². The average molecular weight is 408 g/mol. The minimum atomic E-state index is -0.713. The highest BCUT2D eigenvalue weighted by atomic mass is 35.5. The van der Waals surface area contributed by atoms with Crippen LogP contribution in [0.5, 0.6) is 0 Å². The number of Topliss-reactive ketones (excluding diaryl/α,β-unsaturated/α-hetero) is 1. The summed E-state index contributed by atoms with van der Waals surface area (Å²) in [5, 5.41) is 2.96. The number of halogens is 3. The number of nitrogens with zero attached hydrogens (tertiary/aromatic N) is 2. The zero-order valence-electron chi connectivity index (χ0n) is 15.3. The number of likely N-dealkylation sites (tertiary alicyclic amines) is 1. The first-order valence-corrected chi connectivity index (χ1v) is 9.39. The monoisotopic (exact) mass is 407 g/mol. The van der Waals surface area contributed by atoms with E-state index in [1.807, 2.05) is 4.90 Å². The number of amides is 1. The Labute approximate surface area is 166 Å². The second-order valence-electron chi connectivity index (χ2n) is 6.81. The topological polar surface area (TPSA) is 62.3 Å². The van der Waals surface area contributed by atoms with Crippen LogP contribution in [-0.2, 0) is 4.79 Å². The third kappa shape index (κ3) is 4.54. The van der Waals surface area contributed by atoms with E-state index >= 15 is 0 Å². The van der Waals surface area contributed by atoms with Gasteiger partial charge in [-0.25, -0.2) is 13.8 Å². The van der Waals surface area contributed by atoms with E-state index in [4.69, 9.17) is 11.6 Å². The molecular formula is C20H20ClF2N3O2. The number of carbonyl (C=O) groups excluding carboxylic acids is 2. The lowest BCUT2D eigenvalue weighted by Crippen LogP contribution is -2.47. The largest absolute Gasteiger partial charge is 0.322 e. The summed E-state index contributed by atoms with van der Waals surface area (Å²) in [7, 11) is 0. The van der Waals surface area contributed by atoms with Gasteiger partial charge < -0.3 is 5.32 Å². The number of hydrogen-bond donors (Lipinski definition) is 1. The predicted octanol–water partition coefficient (Wildman–Crippen LogP) is 3.94. The zero-order valence-corrected chi connectivity index (χ0v) is 16.0. The first-order chi connectivity index (χ1) is 13.4. The molecule has 2 heterocycles. The van der Waals surface area contributed by atoms with Gasteiger partial charge in [0.15, 0.2) is 10.9 Å². The minimum absolute atomic E-state index is 0.212. The van der Waals surface area contributed by atoms with Crippen molar-refractivity contribution in [1.82, 2.24) is 9.88 Å². The number of rotatable bonds is 5. The molecule has 3 rings (SSSR count). The molecule has 1 N–H and O–H groups in total. The number of benzene rings is 1. The molecule has 0 radical (unpaired) electrons. The van der Waals surface area contributed by atoms with E-state index in [0.29, 0.717) is 31.6 Å². The van der Waals surface area contributed by atoms with Gasteiger partial charge in [0.05, 0.1) is 17.3 Å². The molecule has 1 amide bonds. The molecule has 28 heavy (non-hydrogen) atoms. The van der Waals surface area contributed by atoms with Gasteiger partial charge in [-0.15, -0.1) is 0 Å². The van der Waals surface area contributed by atoms with Crippen LogP contribution in [0.25, 0.3) is 0 Å². The zero-order chi connectivity index (χ0) is 20.3. The third-order valence-electron chi connectivity index (χ3n) is 5.04. The fourth-order valence-electron chi connectivity index (χ4n) is 3.34. The molecule has 0 aliphatic carbocycles. The second-order valence-corrected chi connectivity index (χ2v) is 7.16. The van der Waals surface area contributed by atoms with Crippen molar-refractivity contribution >= 4 is 29.0 Å². The Hall–Kier alpha value is -2.38. The first kappa shape index (κ1) is 20.4. The normalized spacial score (nSPS) is 16.6. The number of carbonyl (C=O) groups is 2. The maximum Gasteiger partial charge on any atom is 0.241 e. The van der Waals surface area contributed by atoms with Gasteiger partial charge in [-0.05, 0) is 63.2 Å². The number of pyridine rings is 1. The van der Waals surface area contributed by atoms with E-state index in [9.17, 15) is 18.4 Å². The lowest BCUT2D eigenvalue weighted by Gasteiger charge is -2.34. The molecule has 0 saturated carbocycles. The summed E-state index contributed by atoms with van der Waals surface area (Å²) < 4.78 is 27.2. The summed E-state index contributed by atoms with van der Waals surface area (Å²) in [5.41, 5.74) is 0.225. The van der Waals surface area contributed by atoms with Crippen LogP contribution in [0.15, 0.2) is 36.5 Å². The van der Waals surface area contributed by atoms with Crippen molar-refractivity contribution in [2.24, 2.45) is 5.92 Å². The molecule has 0 bridgehead atoms. The third-order valence-corrected chi connectivity index (χ3v) is 5.34. The van der Waals surface area contributed by atoms with Crippen molar-refractivity contribution < 1.29 is 18.4 Å². The summed E-state index contributed by atoms with van der Waals surface area (Å²) in [5.74, 6) is -2.36. The minimum Gasteiger partial charge on any atom is -0.322 e. The highest BCUT2D eigenvalue weighted by Crippen LogP contribution is 2.25. The lowest BCUT2D eigenvalue weighted by atomic mass is 9.88. The lowest BCUT2D eigenvalue weighted by molar-refractivity contribution is -0.121. The molecule has 1 saturated heterocycles. The molecule has 148 valence electrons. The number of hydrogen-bond acceptors (Lipinski definition) is 4. The van der Waals surface area contributed by atoms with Crippen molar-refractivity contribution in [2.45, 2.75) is 25.8 Å². The molecule has 0 spiro atoms. The standard InChI is InChI=1S/C20H20ClF2N3O2/c1-12(20(28)25-17-3-2-8-24-19(17)21)26-9-6-13(7-10-26)18(27)15-11-14(22)4-5-16(15)23/h2-5,8,11-13H,6-7,9-10H2,1H3,(H,25,28). The fourth-order valence-corrected chi connectivity index (χ4v) is 3.50. The Morgan fingerprint density at radius 1 is 1.25 bits per heavy atom. The Morgan fingerprint density at radius 2 is 1.96 bits per heavy atom. The van der Waals surface area contributed by atoms with Crippen LogP contribution < -0.4 is 5.32 Å². The van der Waals surface area contributed by atoms with Crippen LogP contribution in [0.1, 0.15) is 30.1 Å². The second kappa shape index (κ2) is 8.75. The molecule has 8 heteroatoms. The number of aromatic nitrogens is 1. The summed E-state index contributed by atoms with van der Waals surface area (Å²) in [6.07, 6.45) is 2.48. The molecule has 1 fully saturated rings. The van der Waals surface area contributed by atoms with Crippen LogP contribution in [0.2, 0.25) is 5.15 Å². The maximum atomic E-state index is 13.9. The van der Waals surface area contributed by atoms with Gasteiger partial charge in [-0.3, -0.25) is 14.5 Å². The van der Waals surface area contributed by atoms with E-state index in [-0.39, 0.29) is 16.6 Å². The molecule has 1 unspecified atom stereocenters. The van der Waals surface area contributed by atoms with Crippen molar-refractivity contribution in [1.29, 1.82) is 0 Å². The Morgan fingerprint density at radius 3 is 2.64 bits per heavy atom. The van der Waals surface area contributed by atoms with Crippen molar-refractivity contribution in [3.05, 3.63) is 58.9 Å². The van der Waals surface area contributed by atoms with Crippen LogP contribution in [0.3, 0.4) is 0 Å². The van der Waals surface area contributed by atoms with Crippen LogP contribution in [0, 0.1) is 17.6 Å². The van der Waals surface area contributed by atoms with Gasteiger partial charge in [0.1, 0.15) is 11.6 Å². The number of ketones is 1. The Balaban J connectivity index is 1.58. The quantitative estimate of drug-likeness (QED) is 0.602. The molecule has 1 aliphatic rings. The van der Waals surface area contributed by atoms with E-state index in [1.165, 1.54) is 6.20 Å². The number of piperidine rings is 1. The first-order valence-electron chi connectivity index (χ1n) is 9.01. The van der Waals surface area contributed by atoms with Crippen molar-refractivity contribution in [3.8, 4) is 0 Å². The smallest absolute Gasteiger partial charge is 0.241 e. The molecule has 1 aromatic heterocycles. The summed E-state index contributed by atoms with van der Waals surface area (Å²) in [6.45, 7) is 2.78. The Bertz CT molecular complexity index is 886. The maximum absolute atomic E-state index is 13.9. The molecule has 5 nitrogen and oxygen atoms in total. The fraction of sp³-hybridized carbons (Fsp3) is 0.350. The van der Waals surface area contributed by atoms with Crippen molar-refractivity contribution in [3.63, 3.8) is 0 Å². The van der Waals surface area contributed by atoms with Crippen molar-refractivity contribution in [2.75, 3.05) is 18.4 Å². The molecule has 1 aliphatic heterocycles. The van der Waals surface area contributed by atoms with Crippen LogP contribution in [-0.4, -0.2) is 40.7 Å². The van der Waals surface area contributed by atoms with E-state index in [0.717, 1.165) is 18.2 Å². The van der Waals surface area contributed by atoms with E-state index in [2.05, 4.69) is 10.3 Å². The predicted molar refractivity (Wildman–Crippen MR) is 102 cm³/mol. The van der Waals surface area contributed by atoms with Gasteiger partial charge >= 0.3 is 0 Å². The van der Waals surface area contributed by atoms with Gasteiger partial charge in [0, 0.05) is 12.1 Å². The number of anilines is 1. The van der Waals surface area contributed by atoms with Gasteiger partial charge in [-0.2, -0.15) is 0 Å². The summed E-state index contributed by atoms with van der Waals surface area (Å²) in [4.78, 5) is 30.9. The summed E-state index contributed by atoms with van der Waals surface area (Å²) >= 11 is 5.96. The van der Waals surface area contributed by atoms with Gasteiger partial charge in [0.25, 0.3) is 0 Å². The summed E-state index contributed by atoms with van der Waals surface area (Å²) in [6, 6.07) is 5.81. The van der Waals surface area contributed by atoms with E-state index < -0.39 is 29.4 Å². The molecule has 1 aromatic carbocycles. The highest BCUT2D eigenvalue weighted by Gasteiger charge is 2.31. The van der Waals surface area contributed by atoms with E-state index in [1.54, 1.807) is 19.1 Å². The molecule has 2 aromatic rings. The molecular weight excluding hydrogens is 388 g/mol. The number of nitrogens with one attached hydrogen (secondary N) is 1. The molecule has 1 atom stereocenters. The average Bonchev–Trinajstić information content (AvgIpc) is 2.70. The van der Waals surface area contributed by atoms with Gasteiger partial charge in [0.2, 0.25) is 5.91 Å². The van der Waals surface area contributed by atoms with Crippen LogP contribution in [0.4, 0.5) is 14.5 Å². The highest BCUT2D eigenvalue weighted by molar-refractivity contribution is 6.32.